The number of rotatable bonds is 2. The SMILES string of the molecule is CN1CCC(C(=O)O)=CC1c1ccc(Cl)cc1. The Kier molecular flexibility index (Phi) is 3.50. The molecule has 0 radical (unpaired) electrons. The van der Waals surface area contributed by atoms with Gasteiger partial charge < -0.3 is 5.11 Å². The normalized spacial score (nSPS) is 21.1. The van der Waals surface area contributed by atoms with Crippen LogP contribution in [0.25, 0.3) is 0 Å². The number of benzene rings is 1. The van der Waals surface area contributed by atoms with Crippen molar-refractivity contribution in [2.24, 2.45) is 0 Å². The van der Waals surface area contributed by atoms with E-state index >= 15 is 0 Å². The third-order valence-electron chi connectivity index (χ3n) is 3.05. The highest BCUT2D eigenvalue weighted by atomic mass is 35.5. The molecule has 1 aliphatic rings. The number of likely N-dealkylation sites (N-methyl/N-ethyl adjacent to an activating group) is 1. The van der Waals surface area contributed by atoms with E-state index in [1.54, 1.807) is 0 Å². The summed E-state index contributed by atoms with van der Waals surface area (Å²) in [6.07, 6.45) is 2.41. The monoisotopic (exact) mass is 251 g/mol. The van der Waals surface area contributed by atoms with Gasteiger partial charge in [-0.3, -0.25) is 4.90 Å². The molecule has 2 rings (SSSR count). The van der Waals surface area contributed by atoms with E-state index in [0.717, 1.165) is 12.1 Å². The van der Waals surface area contributed by atoms with Crippen LogP contribution < -0.4 is 0 Å². The molecule has 0 spiro atoms. The first kappa shape index (κ1) is 12.1. The summed E-state index contributed by atoms with van der Waals surface area (Å²) < 4.78 is 0. The molecule has 1 N–H and O–H groups in total. The summed E-state index contributed by atoms with van der Waals surface area (Å²) in [4.78, 5) is 13.1. The smallest absolute Gasteiger partial charge is 0.331 e. The lowest BCUT2D eigenvalue weighted by Gasteiger charge is -2.30. The Balaban J connectivity index is 2.32. The standard InChI is InChI=1S/C13H14ClNO2/c1-15-7-6-10(13(16)17)8-12(15)9-2-4-11(14)5-3-9/h2-5,8,12H,6-7H2,1H3,(H,16,17). The fraction of sp³-hybridized carbons (Fsp3) is 0.308. The van der Waals surface area contributed by atoms with Gasteiger partial charge >= 0.3 is 5.97 Å². The lowest BCUT2D eigenvalue weighted by molar-refractivity contribution is -0.133. The average Bonchev–Trinajstić information content (AvgIpc) is 2.31. The molecule has 0 aliphatic carbocycles. The van der Waals surface area contributed by atoms with Gasteiger partial charge in [-0.15, -0.1) is 0 Å². The second-order valence-electron chi connectivity index (χ2n) is 4.22. The quantitative estimate of drug-likeness (QED) is 0.879. The Labute approximate surface area is 105 Å². The van der Waals surface area contributed by atoms with Crippen LogP contribution in [-0.2, 0) is 4.79 Å². The van der Waals surface area contributed by atoms with Crippen LogP contribution in [0.5, 0.6) is 0 Å². The molecule has 0 amide bonds. The highest BCUT2D eigenvalue weighted by Gasteiger charge is 2.23. The zero-order valence-corrected chi connectivity index (χ0v) is 10.3. The fourth-order valence-corrected chi connectivity index (χ4v) is 2.15. The molecule has 1 heterocycles. The molecule has 3 nitrogen and oxygen atoms in total. The molecule has 1 atom stereocenters. The van der Waals surface area contributed by atoms with E-state index < -0.39 is 5.97 Å². The van der Waals surface area contributed by atoms with Crippen LogP contribution in [0.2, 0.25) is 5.02 Å². The second-order valence-corrected chi connectivity index (χ2v) is 4.66. The first-order valence-corrected chi connectivity index (χ1v) is 5.85. The van der Waals surface area contributed by atoms with Crippen molar-refractivity contribution in [3.8, 4) is 0 Å². The number of carbonyl (C=O) groups is 1. The molecular formula is C13H14ClNO2. The van der Waals surface area contributed by atoms with Gasteiger partial charge in [0.15, 0.2) is 0 Å². The zero-order valence-electron chi connectivity index (χ0n) is 9.56. The molecule has 4 heteroatoms. The van der Waals surface area contributed by atoms with Gasteiger partial charge in [0.2, 0.25) is 0 Å². The summed E-state index contributed by atoms with van der Waals surface area (Å²) in [5.41, 5.74) is 1.55. The number of hydrogen-bond acceptors (Lipinski definition) is 2. The van der Waals surface area contributed by atoms with Gasteiger partial charge in [-0.25, -0.2) is 4.79 Å². The number of nitrogens with zero attached hydrogens (tertiary/aromatic N) is 1. The van der Waals surface area contributed by atoms with Gasteiger partial charge in [0.05, 0.1) is 6.04 Å². The molecule has 90 valence electrons. The molecule has 0 fully saturated rings. The van der Waals surface area contributed by atoms with Gasteiger partial charge in [-0.05, 0) is 31.2 Å². The maximum absolute atomic E-state index is 11.0. The van der Waals surface area contributed by atoms with Gasteiger partial charge in [0.25, 0.3) is 0 Å². The largest absolute Gasteiger partial charge is 0.478 e. The van der Waals surface area contributed by atoms with E-state index in [1.807, 2.05) is 37.4 Å². The first-order chi connectivity index (χ1) is 8.08. The number of aliphatic carboxylic acids is 1. The Morgan fingerprint density at radius 1 is 1.41 bits per heavy atom. The van der Waals surface area contributed by atoms with Crippen LogP contribution >= 0.6 is 11.6 Å². The fourth-order valence-electron chi connectivity index (χ4n) is 2.03. The predicted octanol–water partition coefficient (Wildman–Crippen LogP) is 2.73. The molecule has 1 aromatic rings. The van der Waals surface area contributed by atoms with Crippen LogP contribution in [-0.4, -0.2) is 29.6 Å². The van der Waals surface area contributed by atoms with Crippen molar-refractivity contribution >= 4 is 17.6 Å². The minimum atomic E-state index is -0.822. The van der Waals surface area contributed by atoms with Crippen LogP contribution in [0.3, 0.4) is 0 Å². The maximum Gasteiger partial charge on any atom is 0.331 e. The first-order valence-electron chi connectivity index (χ1n) is 5.47. The highest BCUT2D eigenvalue weighted by molar-refractivity contribution is 6.30. The Hall–Kier alpha value is -1.32. The molecule has 17 heavy (non-hydrogen) atoms. The van der Waals surface area contributed by atoms with Gasteiger partial charge in [-0.1, -0.05) is 29.8 Å². The summed E-state index contributed by atoms with van der Waals surface area (Å²) in [7, 11) is 1.99. The number of halogens is 1. The maximum atomic E-state index is 11.0. The summed E-state index contributed by atoms with van der Waals surface area (Å²) in [5, 5.41) is 9.71. The molecule has 1 aromatic carbocycles. The van der Waals surface area contributed by atoms with E-state index in [1.165, 1.54) is 0 Å². The summed E-state index contributed by atoms with van der Waals surface area (Å²) in [6, 6.07) is 7.55. The summed E-state index contributed by atoms with van der Waals surface area (Å²) in [6.45, 7) is 0.755. The van der Waals surface area contributed by atoms with Crippen molar-refractivity contribution in [2.75, 3.05) is 13.6 Å². The third kappa shape index (κ3) is 2.68. The van der Waals surface area contributed by atoms with Gasteiger partial charge in [0.1, 0.15) is 0 Å². The zero-order chi connectivity index (χ0) is 12.4. The van der Waals surface area contributed by atoms with E-state index in [0.29, 0.717) is 17.0 Å². The van der Waals surface area contributed by atoms with Crippen molar-refractivity contribution in [1.29, 1.82) is 0 Å². The van der Waals surface area contributed by atoms with E-state index in [2.05, 4.69) is 4.90 Å². The molecule has 1 aliphatic heterocycles. The Bertz CT molecular complexity index is 453. The van der Waals surface area contributed by atoms with E-state index in [-0.39, 0.29) is 6.04 Å². The third-order valence-corrected chi connectivity index (χ3v) is 3.31. The van der Waals surface area contributed by atoms with Crippen molar-refractivity contribution in [2.45, 2.75) is 12.5 Å². The van der Waals surface area contributed by atoms with Gasteiger partial charge in [0, 0.05) is 17.1 Å². The lowest BCUT2D eigenvalue weighted by Crippen LogP contribution is -2.30. The molecule has 0 aromatic heterocycles. The lowest BCUT2D eigenvalue weighted by atomic mass is 9.97. The molecule has 0 saturated heterocycles. The number of carboxylic acid groups (broad SMARTS) is 1. The second kappa shape index (κ2) is 4.90. The van der Waals surface area contributed by atoms with Crippen molar-refractivity contribution < 1.29 is 9.90 Å². The minimum absolute atomic E-state index is 0.0205. The molecular weight excluding hydrogens is 238 g/mol. The minimum Gasteiger partial charge on any atom is -0.478 e. The molecule has 0 saturated carbocycles. The van der Waals surface area contributed by atoms with Crippen LogP contribution in [0, 0.1) is 0 Å². The van der Waals surface area contributed by atoms with Crippen molar-refractivity contribution in [1.82, 2.24) is 4.90 Å². The number of hydrogen-bond donors (Lipinski definition) is 1. The van der Waals surface area contributed by atoms with Crippen LogP contribution in [0.1, 0.15) is 18.0 Å². The van der Waals surface area contributed by atoms with Gasteiger partial charge in [-0.2, -0.15) is 0 Å². The van der Waals surface area contributed by atoms with Crippen LogP contribution in [0.15, 0.2) is 35.9 Å². The molecule has 0 bridgehead atoms. The van der Waals surface area contributed by atoms with E-state index in [4.69, 9.17) is 16.7 Å². The average molecular weight is 252 g/mol. The summed E-state index contributed by atoms with van der Waals surface area (Å²) in [5.74, 6) is -0.822. The summed E-state index contributed by atoms with van der Waals surface area (Å²) >= 11 is 5.84. The van der Waals surface area contributed by atoms with Crippen molar-refractivity contribution in [3.05, 3.63) is 46.5 Å². The number of carboxylic acids is 1. The van der Waals surface area contributed by atoms with E-state index in [9.17, 15) is 4.79 Å². The van der Waals surface area contributed by atoms with Crippen LogP contribution in [0.4, 0.5) is 0 Å². The topological polar surface area (TPSA) is 40.5 Å². The highest BCUT2D eigenvalue weighted by Crippen LogP contribution is 2.28. The van der Waals surface area contributed by atoms with Crippen molar-refractivity contribution in [3.63, 3.8) is 0 Å². The molecule has 1 unspecified atom stereocenters. The Morgan fingerprint density at radius 2 is 2.06 bits per heavy atom. The Morgan fingerprint density at radius 3 is 2.65 bits per heavy atom. The predicted molar refractivity (Wildman–Crippen MR) is 67.2 cm³/mol.